The fourth-order valence-corrected chi connectivity index (χ4v) is 4.02. The molecule has 2 aliphatic rings. The van der Waals surface area contributed by atoms with E-state index in [0.29, 0.717) is 0 Å². The lowest BCUT2D eigenvalue weighted by atomic mass is 9.71. The molecule has 18 heavy (non-hydrogen) atoms. The minimum Gasteiger partial charge on any atom is -0.325 e. The van der Waals surface area contributed by atoms with E-state index in [1.165, 1.54) is 57.8 Å². The van der Waals surface area contributed by atoms with Gasteiger partial charge in [-0.1, -0.05) is 43.5 Å². The largest absolute Gasteiger partial charge is 0.325 e. The first-order valence-corrected chi connectivity index (χ1v) is 7.64. The Hall–Kier alpha value is -0.820. The summed E-state index contributed by atoms with van der Waals surface area (Å²) in [6.07, 6.45) is 11.7. The summed E-state index contributed by atoms with van der Waals surface area (Å²) in [7, 11) is 0. The van der Waals surface area contributed by atoms with E-state index in [2.05, 4.69) is 24.3 Å². The lowest BCUT2D eigenvalue weighted by Gasteiger charge is -2.38. The molecule has 0 spiro atoms. The van der Waals surface area contributed by atoms with Crippen LogP contribution in [0.3, 0.4) is 0 Å². The number of aryl methyl sites for hydroxylation is 1. The first-order chi connectivity index (χ1) is 8.77. The Bertz CT molecular complexity index is 404. The van der Waals surface area contributed by atoms with Crippen LogP contribution in [-0.4, -0.2) is 5.54 Å². The monoisotopic (exact) mass is 243 g/mol. The van der Waals surface area contributed by atoms with Gasteiger partial charge in [0.15, 0.2) is 0 Å². The normalized spacial score (nSPS) is 26.6. The van der Waals surface area contributed by atoms with Gasteiger partial charge >= 0.3 is 0 Å². The van der Waals surface area contributed by atoms with E-state index in [-0.39, 0.29) is 5.54 Å². The topological polar surface area (TPSA) is 26.0 Å². The van der Waals surface area contributed by atoms with Crippen molar-refractivity contribution in [3.8, 4) is 0 Å². The molecule has 1 atom stereocenters. The van der Waals surface area contributed by atoms with Gasteiger partial charge in [-0.25, -0.2) is 0 Å². The Morgan fingerprint density at radius 3 is 2.67 bits per heavy atom. The number of hydrogen-bond donors (Lipinski definition) is 1. The van der Waals surface area contributed by atoms with Crippen LogP contribution in [0.5, 0.6) is 0 Å². The van der Waals surface area contributed by atoms with E-state index in [0.717, 1.165) is 5.92 Å². The summed E-state index contributed by atoms with van der Waals surface area (Å²) in [4.78, 5) is 0. The van der Waals surface area contributed by atoms with Crippen LogP contribution in [0.4, 0.5) is 0 Å². The summed E-state index contributed by atoms with van der Waals surface area (Å²) in [6.45, 7) is 0. The number of rotatable bonds is 2. The smallest absolute Gasteiger partial charge is 0.0160 e. The Kier molecular flexibility index (Phi) is 3.43. The van der Waals surface area contributed by atoms with E-state index in [1.807, 2.05) is 0 Å². The Labute approximate surface area is 111 Å². The second kappa shape index (κ2) is 5.05. The highest BCUT2D eigenvalue weighted by atomic mass is 14.7. The molecule has 1 heteroatoms. The third-order valence-electron chi connectivity index (χ3n) is 5.00. The molecule has 0 saturated heterocycles. The zero-order valence-electron chi connectivity index (χ0n) is 11.3. The molecule has 2 N–H and O–H groups in total. The van der Waals surface area contributed by atoms with E-state index in [4.69, 9.17) is 5.73 Å². The van der Waals surface area contributed by atoms with Crippen LogP contribution >= 0.6 is 0 Å². The molecule has 0 radical (unpaired) electrons. The van der Waals surface area contributed by atoms with E-state index >= 15 is 0 Å². The quantitative estimate of drug-likeness (QED) is 0.829. The van der Waals surface area contributed by atoms with Crippen LogP contribution < -0.4 is 5.73 Å². The van der Waals surface area contributed by atoms with E-state index in [9.17, 15) is 0 Å². The van der Waals surface area contributed by atoms with Gasteiger partial charge in [-0.15, -0.1) is 0 Å². The summed E-state index contributed by atoms with van der Waals surface area (Å²) in [5.74, 6) is 0.720. The summed E-state index contributed by atoms with van der Waals surface area (Å²) in [5.41, 5.74) is 9.95. The molecule has 1 saturated carbocycles. The molecule has 0 aliphatic heterocycles. The van der Waals surface area contributed by atoms with E-state index < -0.39 is 0 Å². The molecule has 0 bridgehead atoms. The van der Waals surface area contributed by atoms with Crippen molar-refractivity contribution >= 4 is 0 Å². The molecule has 1 nitrogen and oxygen atoms in total. The minimum atomic E-state index is 0.132. The molecule has 1 aromatic rings. The lowest BCUT2D eigenvalue weighted by Crippen LogP contribution is -2.43. The number of fused-ring (bicyclic) bond motifs is 1. The van der Waals surface area contributed by atoms with Crippen molar-refractivity contribution in [3.63, 3.8) is 0 Å². The summed E-state index contributed by atoms with van der Waals surface area (Å²) < 4.78 is 0. The minimum absolute atomic E-state index is 0.132. The Morgan fingerprint density at radius 1 is 1.06 bits per heavy atom. The van der Waals surface area contributed by atoms with Crippen molar-refractivity contribution in [1.29, 1.82) is 0 Å². The van der Waals surface area contributed by atoms with Gasteiger partial charge in [0.1, 0.15) is 0 Å². The van der Waals surface area contributed by atoms with Gasteiger partial charge < -0.3 is 5.73 Å². The number of benzene rings is 1. The highest BCUT2D eigenvalue weighted by molar-refractivity contribution is 5.33. The van der Waals surface area contributed by atoms with Gasteiger partial charge in [0, 0.05) is 5.54 Å². The molecule has 98 valence electrons. The van der Waals surface area contributed by atoms with Crippen molar-refractivity contribution in [3.05, 3.63) is 35.4 Å². The Balaban J connectivity index is 1.77. The second-order valence-electron chi connectivity index (χ2n) is 6.42. The molecule has 0 amide bonds. The third kappa shape index (κ3) is 2.47. The number of hydrogen-bond acceptors (Lipinski definition) is 1. The molecule has 3 rings (SSSR count). The van der Waals surface area contributed by atoms with Crippen molar-refractivity contribution < 1.29 is 0 Å². The van der Waals surface area contributed by atoms with Crippen LogP contribution in [0.25, 0.3) is 0 Å². The average molecular weight is 243 g/mol. The predicted octanol–water partition coefficient (Wildman–Crippen LogP) is 4.16. The van der Waals surface area contributed by atoms with Crippen LogP contribution in [0.2, 0.25) is 0 Å². The molecular formula is C17H25N. The summed E-state index contributed by atoms with van der Waals surface area (Å²) in [5, 5.41) is 0. The molecule has 2 aliphatic carbocycles. The average Bonchev–Trinajstić information content (AvgIpc) is 2.40. The van der Waals surface area contributed by atoms with Crippen LogP contribution in [0, 0.1) is 0 Å². The van der Waals surface area contributed by atoms with Crippen molar-refractivity contribution in [2.75, 3.05) is 0 Å². The molecular weight excluding hydrogens is 218 g/mol. The Morgan fingerprint density at radius 2 is 1.83 bits per heavy atom. The first kappa shape index (κ1) is 12.2. The van der Waals surface area contributed by atoms with Gasteiger partial charge in [-0.2, -0.15) is 0 Å². The van der Waals surface area contributed by atoms with Gasteiger partial charge in [0.05, 0.1) is 0 Å². The first-order valence-electron chi connectivity index (χ1n) is 7.64. The van der Waals surface area contributed by atoms with Gasteiger partial charge in [0.25, 0.3) is 0 Å². The van der Waals surface area contributed by atoms with Crippen molar-refractivity contribution in [2.45, 2.75) is 69.2 Å². The maximum atomic E-state index is 6.65. The second-order valence-corrected chi connectivity index (χ2v) is 6.42. The van der Waals surface area contributed by atoms with Gasteiger partial charge in [-0.05, 0) is 55.6 Å². The maximum absolute atomic E-state index is 6.65. The number of nitrogens with two attached hydrogens (primary N) is 1. The van der Waals surface area contributed by atoms with E-state index in [1.54, 1.807) is 11.1 Å². The molecule has 1 aromatic carbocycles. The van der Waals surface area contributed by atoms with Crippen LogP contribution in [0.1, 0.15) is 68.4 Å². The molecule has 0 aromatic heterocycles. The van der Waals surface area contributed by atoms with Crippen molar-refractivity contribution in [1.82, 2.24) is 0 Å². The summed E-state index contributed by atoms with van der Waals surface area (Å²) >= 11 is 0. The van der Waals surface area contributed by atoms with Crippen LogP contribution in [-0.2, 0) is 6.42 Å². The predicted molar refractivity (Wildman–Crippen MR) is 76.7 cm³/mol. The standard InChI is InChI=1S/C17H25N/c18-17(11-4-1-5-12-17)13-15-9-6-8-14-7-2-3-10-16(14)15/h2-3,7,10,15H,1,4-6,8-9,11-13,18H2. The SMILES string of the molecule is NC1(CC2CCCc3ccccc32)CCCCC1. The van der Waals surface area contributed by atoms with Gasteiger partial charge in [0.2, 0.25) is 0 Å². The summed E-state index contributed by atoms with van der Waals surface area (Å²) in [6, 6.07) is 9.03. The molecule has 1 unspecified atom stereocenters. The van der Waals surface area contributed by atoms with Gasteiger partial charge in [-0.3, -0.25) is 0 Å². The van der Waals surface area contributed by atoms with Crippen molar-refractivity contribution in [2.24, 2.45) is 5.73 Å². The third-order valence-corrected chi connectivity index (χ3v) is 5.00. The highest BCUT2D eigenvalue weighted by Gasteiger charge is 2.32. The lowest BCUT2D eigenvalue weighted by molar-refractivity contribution is 0.252. The zero-order valence-corrected chi connectivity index (χ0v) is 11.3. The maximum Gasteiger partial charge on any atom is 0.0160 e. The zero-order chi connectivity index (χ0) is 12.4. The molecule has 0 heterocycles. The fraction of sp³-hybridized carbons (Fsp3) is 0.647. The molecule has 1 fully saturated rings. The van der Waals surface area contributed by atoms with Crippen LogP contribution in [0.15, 0.2) is 24.3 Å². The highest BCUT2D eigenvalue weighted by Crippen LogP contribution is 2.40. The fourth-order valence-electron chi connectivity index (χ4n) is 4.02.